The van der Waals surface area contributed by atoms with Gasteiger partial charge in [-0.25, -0.2) is 8.42 Å². The van der Waals surface area contributed by atoms with Gasteiger partial charge in [0.05, 0.1) is 17.5 Å². The van der Waals surface area contributed by atoms with E-state index < -0.39 is 10.0 Å². The molecule has 6 heteroatoms. The molecule has 0 saturated heterocycles. The minimum Gasteiger partial charge on any atom is -0.348 e. The summed E-state index contributed by atoms with van der Waals surface area (Å²) in [6.07, 6.45) is 5.41. The standard InChI is InChI=1S/C22H28N2O3S/c1-3-21(19-14-13-17-9-7-8-10-18(17)15-19)23-22(25)16-24(2)28(26,27)20-11-5-4-6-12-20/h4-6,11-15,21H,3,7-10,16H2,1-2H3,(H,23,25). The van der Waals surface area contributed by atoms with Gasteiger partial charge in [0.2, 0.25) is 15.9 Å². The van der Waals surface area contributed by atoms with Gasteiger partial charge >= 0.3 is 0 Å². The Hall–Kier alpha value is -2.18. The van der Waals surface area contributed by atoms with Crippen molar-refractivity contribution in [1.82, 2.24) is 9.62 Å². The maximum atomic E-state index is 12.6. The van der Waals surface area contributed by atoms with Crippen molar-refractivity contribution in [3.8, 4) is 0 Å². The van der Waals surface area contributed by atoms with Crippen LogP contribution in [0.25, 0.3) is 0 Å². The number of rotatable bonds is 7. The number of fused-ring (bicyclic) bond motifs is 1. The van der Waals surface area contributed by atoms with Gasteiger partial charge in [-0.05, 0) is 60.9 Å². The number of hydrogen-bond donors (Lipinski definition) is 1. The highest BCUT2D eigenvalue weighted by Crippen LogP contribution is 2.26. The van der Waals surface area contributed by atoms with Gasteiger partial charge in [0.25, 0.3) is 0 Å². The van der Waals surface area contributed by atoms with Crippen LogP contribution in [0.15, 0.2) is 53.4 Å². The van der Waals surface area contributed by atoms with Crippen LogP contribution in [0.2, 0.25) is 0 Å². The molecule has 0 aliphatic heterocycles. The molecule has 1 atom stereocenters. The molecule has 0 bridgehead atoms. The zero-order valence-corrected chi connectivity index (χ0v) is 17.3. The number of carbonyl (C=O) groups is 1. The highest BCUT2D eigenvalue weighted by atomic mass is 32.2. The molecule has 2 aromatic carbocycles. The third kappa shape index (κ3) is 4.62. The van der Waals surface area contributed by atoms with E-state index in [4.69, 9.17) is 0 Å². The molecule has 0 spiro atoms. The number of nitrogens with one attached hydrogen (secondary N) is 1. The largest absolute Gasteiger partial charge is 0.348 e. The van der Waals surface area contributed by atoms with E-state index >= 15 is 0 Å². The first kappa shape index (κ1) is 20.6. The SMILES string of the molecule is CCC(NC(=O)CN(C)S(=O)(=O)c1ccccc1)c1ccc2c(c1)CCCC2. The van der Waals surface area contributed by atoms with Crippen molar-refractivity contribution in [3.63, 3.8) is 0 Å². The second kappa shape index (κ2) is 8.88. The zero-order valence-electron chi connectivity index (χ0n) is 16.5. The van der Waals surface area contributed by atoms with Crippen molar-refractivity contribution >= 4 is 15.9 Å². The third-order valence-corrected chi connectivity index (χ3v) is 7.15. The smallest absolute Gasteiger partial charge is 0.243 e. The zero-order chi connectivity index (χ0) is 20.1. The van der Waals surface area contributed by atoms with Gasteiger partial charge in [-0.3, -0.25) is 4.79 Å². The molecule has 3 rings (SSSR count). The third-order valence-electron chi connectivity index (χ3n) is 5.34. The Morgan fingerprint density at radius 1 is 1.07 bits per heavy atom. The molecule has 5 nitrogen and oxygen atoms in total. The topological polar surface area (TPSA) is 66.5 Å². The molecule has 1 N–H and O–H groups in total. The first-order valence-corrected chi connectivity index (χ1v) is 11.3. The predicted molar refractivity (Wildman–Crippen MR) is 111 cm³/mol. The van der Waals surface area contributed by atoms with Gasteiger partial charge in [0.1, 0.15) is 0 Å². The van der Waals surface area contributed by atoms with Gasteiger partial charge in [0, 0.05) is 7.05 Å². The molecule has 1 unspecified atom stereocenters. The molecule has 28 heavy (non-hydrogen) atoms. The molecule has 150 valence electrons. The van der Waals surface area contributed by atoms with Gasteiger partial charge in [-0.2, -0.15) is 4.31 Å². The van der Waals surface area contributed by atoms with E-state index in [2.05, 4.69) is 23.5 Å². The van der Waals surface area contributed by atoms with E-state index in [1.807, 2.05) is 6.92 Å². The Morgan fingerprint density at radius 3 is 2.43 bits per heavy atom. The average molecular weight is 401 g/mol. The van der Waals surface area contributed by atoms with Crippen LogP contribution in [0.4, 0.5) is 0 Å². The first-order valence-electron chi connectivity index (χ1n) is 9.84. The van der Waals surface area contributed by atoms with E-state index in [9.17, 15) is 13.2 Å². The lowest BCUT2D eigenvalue weighted by molar-refractivity contribution is -0.121. The van der Waals surface area contributed by atoms with E-state index in [1.54, 1.807) is 18.2 Å². The molecule has 0 fully saturated rings. The molecular formula is C22H28N2O3S. The summed E-state index contributed by atoms with van der Waals surface area (Å²) < 4.78 is 26.3. The van der Waals surface area contributed by atoms with Gasteiger partial charge in [-0.15, -0.1) is 0 Å². The molecule has 1 aliphatic carbocycles. The summed E-state index contributed by atoms with van der Waals surface area (Å²) in [6.45, 7) is 1.81. The van der Waals surface area contributed by atoms with Crippen LogP contribution in [-0.2, 0) is 27.7 Å². The van der Waals surface area contributed by atoms with E-state index in [-0.39, 0.29) is 23.4 Å². The number of benzene rings is 2. The summed E-state index contributed by atoms with van der Waals surface area (Å²) in [4.78, 5) is 12.7. The number of hydrogen-bond acceptors (Lipinski definition) is 3. The van der Waals surface area contributed by atoms with Crippen LogP contribution >= 0.6 is 0 Å². The van der Waals surface area contributed by atoms with E-state index in [0.29, 0.717) is 0 Å². The number of amides is 1. The highest BCUT2D eigenvalue weighted by Gasteiger charge is 2.24. The minimum absolute atomic E-state index is 0.118. The fourth-order valence-corrected chi connectivity index (χ4v) is 4.84. The summed E-state index contributed by atoms with van der Waals surface area (Å²) in [5.41, 5.74) is 3.87. The van der Waals surface area contributed by atoms with Crippen LogP contribution in [0.1, 0.15) is 48.9 Å². The summed E-state index contributed by atoms with van der Waals surface area (Å²) in [5, 5.41) is 3.00. The van der Waals surface area contributed by atoms with Crippen LogP contribution in [0.3, 0.4) is 0 Å². The lowest BCUT2D eigenvalue weighted by Crippen LogP contribution is -2.39. The molecular weight excluding hydrogens is 372 g/mol. The normalized spacial score (nSPS) is 15.1. The Labute approximate surface area is 167 Å². The van der Waals surface area contributed by atoms with Crippen LogP contribution < -0.4 is 5.32 Å². The molecule has 0 aromatic heterocycles. The summed E-state index contributed by atoms with van der Waals surface area (Å²) in [5.74, 6) is -0.299. The van der Waals surface area contributed by atoms with Crippen molar-refractivity contribution in [2.75, 3.05) is 13.6 Å². The fraction of sp³-hybridized carbons (Fsp3) is 0.409. The fourth-order valence-electron chi connectivity index (χ4n) is 3.69. The first-order chi connectivity index (χ1) is 13.4. The van der Waals surface area contributed by atoms with Crippen LogP contribution in [-0.4, -0.2) is 32.2 Å². The van der Waals surface area contributed by atoms with Crippen LogP contribution in [0.5, 0.6) is 0 Å². The van der Waals surface area contributed by atoms with E-state index in [0.717, 1.165) is 29.1 Å². The van der Waals surface area contributed by atoms with E-state index in [1.165, 1.54) is 43.1 Å². The number of nitrogens with zero attached hydrogens (tertiary/aromatic N) is 1. The predicted octanol–water partition coefficient (Wildman–Crippen LogP) is 3.45. The highest BCUT2D eigenvalue weighted by molar-refractivity contribution is 7.89. The van der Waals surface area contributed by atoms with Crippen molar-refractivity contribution in [3.05, 3.63) is 65.2 Å². The molecule has 1 amide bonds. The van der Waals surface area contributed by atoms with Crippen molar-refractivity contribution in [1.29, 1.82) is 0 Å². The molecule has 0 radical (unpaired) electrons. The second-order valence-corrected chi connectivity index (χ2v) is 9.38. The quantitative estimate of drug-likeness (QED) is 0.774. The van der Waals surface area contributed by atoms with Gasteiger partial charge in [0.15, 0.2) is 0 Å². The summed E-state index contributed by atoms with van der Waals surface area (Å²) >= 11 is 0. The lowest BCUT2D eigenvalue weighted by atomic mass is 9.89. The number of likely N-dealkylation sites (N-methyl/N-ethyl adjacent to an activating group) is 1. The second-order valence-electron chi connectivity index (χ2n) is 7.34. The van der Waals surface area contributed by atoms with Crippen molar-refractivity contribution in [2.45, 2.75) is 50.0 Å². The van der Waals surface area contributed by atoms with Gasteiger partial charge in [-0.1, -0.05) is 43.3 Å². The summed E-state index contributed by atoms with van der Waals surface area (Å²) in [7, 11) is -2.25. The lowest BCUT2D eigenvalue weighted by Gasteiger charge is -2.23. The number of aryl methyl sites for hydroxylation is 2. The maximum absolute atomic E-state index is 12.6. The monoisotopic (exact) mass is 400 g/mol. The molecule has 0 saturated carbocycles. The van der Waals surface area contributed by atoms with Gasteiger partial charge < -0.3 is 5.32 Å². The number of carbonyl (C=O) groups excluding carboxylic acids is 1. The Balaban J connectivity index is 1.67. The average Bonchev–Trinajstić information content (AvgIpc) is 2.72. The number of sulfonamides is 1. The Morgan fingerprint density at radius 2 is 1.75 bits per heavy atom. The molecule has 2 aromatic rings. The Bertz CT molecular complexity index is 926. The van der Waals surface area contributed by atoms with Crippen LogP contribution in [0, 0.1) is 0 Å². The molecule has 0 heterocycles. The molecule has 1 aliphatic rings. The Kier molecular flexibility index (Phi) is 6.52. The summed E-state index contributed by atoms with van der Waals surface area (Å²) in [6, 6.07) is 14.5. The maximum Gasteiger partial charge on any atom is 0.243 e. The van der Waals surface area contributed by atoms with Crippen molar-refractivity contribution < 1.29 is 13.2 Å². The minimum atomic E-state index is -3.68. The van der Waals surface area contributed by atoms with Crippen molar-refractivity contribution in [2.24, 2.45) is 0 Å².